The van der Waals surface area contributed by atoms with Crippen molar-refractivity contribution in [3.8, 4) is 5.75 Å². The molecule has 0 aliphatic carbocycles. The predicted octanol–water partition coefficient (Wildman–Crippen LogP) is 3.89. The van der Waals surface area contributed by atoms with Gasteiger partial charge >= 0.3 is 12.6 Å². The molecule has 0 amide bonds. The minimum Gasteiger partial charge on any atom is -0.478 e. The van der Waals surface area contributed by atoms with Crippen LogP contribution < -0.4 is 10.3 Å². The van der Waals surface area contributed by atoms with E-state index < -0.39 is 12.6 Å². The molecule has 3 aromatic rings. The number of alkyl halides is 2. The lowest BCUT2D eigenvalue weighted by Gasteiger charge is -2.09. The van der Waals surface area contributed by atoms with Gasteiger partial charge in [0.15, 0.2) is 0 Å². The van der Waals surface area contributed by atoms with E-state index in [0.717, 1.165) is 0 Å². The summed E-state index contributed by atoms with van der Waals surface area (Å²) < 4.78 is 30.2. The SMILES string of the molecule is CCn1c(=O)c(/C=C/c2ccc(OC(F)F)cc2)nc2cc(C(=O)O)ccc21. The quantitative estimate of drug-likeness (QED) is 0.695. The first-order chi connectivity index (χ1) is 13.4. The van der Waals surface area contributed by atoms with Gasteiger partial charge in [-0.15, -0.1) is 0 Å². The van der Waals surface area contributed by atoms with Gasteiger partial charge in [-0.25, -0.2) is 9.78 Å². The molecule has 0 saturated heterocycles. The second-order valence-corrected chi connectivity index (χ2v) is 5.84. The largest absolute Gasteiger partial charge is 0.478 e. The summed E-state index contributed by atoms with van der Waals surface area (Å²) in [5, 5.41) is 9.16. The summed E-state index contributed by atoms with van der Waals surface area (Å²) in [7, 11) is 0. The van der Waals surface area contributed by atoms with E-state index in [0.29, 0.717) is 23.1 Å². The van der Waals surface area contributed by atoms with Crippen molar-refractivity contribution in [1.82, 2.24) is 9.55 Å². The van der Waals surface area contributed by atoms with Crippen molar-refractivity contribution in [2.45, 2.75) is 20.1 Å². The fourth-order valence-electron chi connectivity index (χ4n) is 2.76. The number of halogens is 2. The minimum absolute atomic E-state index is 0.0329. The van der Waals surface area contributed by atoms with Crippen molar-refractivity contribution < 1.29 is 23.4 Å². The van der Waals surface area contributed by atoms with Crippen LogP contribution in [0.3, 0.4) is 0 Å². The zero-order valence-electron chi connectivity index (χ0n) is 14.8. The summed E-state index contributed by atoms with van der Waals surface area (Å²) in [4.78, 5) is 28.1. The maximum absolute atomic E-state index is 12.7. The fourth-order valence-corrected chi connectivity index (χ4v) is 2.76. The predicted molar refractivity (Wildman–Crippen MR) is 101 cm³/mol. The standard InChI is InChI=1S/C20H16F2N2O4/c1-2-24-17-10-6-13(19(26)27)11-16(17)23-15(18(24)25)9-5-12-3-7-14(8-4-12)28-20(21)22/h3-11,20H,2H2,1H3,(H,26,27)/b9-5+. The lowest BCUT2D eigenvalue weighted by molar-refractivity contribution is -0.0498. The number of nitrogens with zero attached hydrogens (tertiary/aromatic N) is 2. The second-order valence-electron chi connectivity index (χ2n) is 5.84. The highest BCUT2D eigenvalue weighted by Gasteiger charge is 2.11. The first-order valence-corrected chi connectivity index (χ1v) is 8.40. The van der Waals surface area contributed by atoms with Crippen LogP contribution in [0.5, 0.6) is 5.75 Å². The van der Waals surface area contributed by atoms with Gasteiger partial charge in [-0.05, 0) is 48.9 Å². The lowest BCUT2D eigenvalue weighted by Crippen LogP contribution is -2.23. The van der Waals surface area contributed by atoms with Gasteiger partial charge in [-0.2, -0.15) is 8.78 Å². The first kappa shape index (κ1) is 19.2. The number of aromatic nitrogens is 2. The molecule has 0 radical (unpaired) electrons. The maximum Gasteiger partial charge on any atom is 0.387 e. The van der Waals surface area contributed by atoms with Crippen LogP contribution in [0, 0.1) is 0 Å². The van der Waals surface area contributed by atoms with Gasteiger partial charge in [0.25, 0.3) is 5.56 Å². The number of rotatable bonds is 6. The molecule has 0 aliphatic heterocycles. The van der Waals surface area contributed by atoms with E-state index in [2.05, 4.69) is 9.72 Å². The molecule has 1 aromatic heterocycles. The number of hydrogen-bond acceptors (Lipinski definition) is 4. The number of carboxylic acid groups (broad SMARTS) is 1. The summed E-state index contributed by atoms with van der Waals surface area (Å²) in [6.45, 7) is -0.697. The molecule has 3 rings (SSSR count). The van der Waals surface area contributed by atoms with Crippen LogP contribution in [0.4, 0.5) is 8.78 Å². The third-order valence-corrected chi connectivity index (χ3v) is 4.07. The molecule has 8 heteroatoms. The van der Waals surface area contributed by atoms with E-state index >= 15 is 0 Å². The molecule has 0 bridgehead atoms. The number of carbonyl (C=O) groups is 1. The molecule has 0 spiro atoms. The average Bonchev–Trinajstić information content (AvgIpc) is 2.66. The molecular formula is C20H16F2N2O4. The zero-order valence-corrected chi connectivity index (χ0v) is 14.8. The molecule has 0 saturated carbocycles. The molecule has 0 unspecified atom stereocenters. The zero-order chi connectivity index (χ0) is 20.3. The van der Waals surface area contributed by atoms with Crippen molar-refractivity contribution in [3.63, 3.8) is 0 Å². The molecule has 28 heavy (non-hydrogen) atoms. The molecule has 2 aromatic carbocycles. The Labute approximate surface area is 158 Å². The highest BCUT2D eigenvalue weighted by atomic mass is 19.3. The Bertz CT molecular complexity index is 1110. The molecule has 144 valence electrons. The Morgan fingerprint density at radius 3 is 2.54 bits per heavy atom. The number of hydrogen-bond donors (Lipinski definition) is 1. The van der Waals surface area contributed by atoms with E-state index in [1.807, 2.05) is 0 Å². The van der Waals surface area contributed by atoms with E-state index in [9.17, 15) is 18.4 Å². The maximum atomic E-state index is 12.7. The molecule has 6 nitrogen and oxygen atoms in total. The molecule has 1 heterocycles. The van der Waals surface area contributed by atoms with Gasteiger partial charge in [-0.3, -0.25) is 4.79 Å². The van der Waals surface area contributed by atoms with Gasteiger partial charge in [0, 0.05) is 6.54 Å². The van der Waals surface area contributed by atoms with Crippen molar-refractivity contribution in [1.29, 1.82) is 0 Å². The Morgan fingerprint density at radius 1 is 1.21 bits per heavy atom. The van der Waals surface area contributed by atoms with E-state index in [4.69, 9.17) is 5.11 Å². The average molecular weight is 386 g/mol. The topological polar surface area (TPSA) is 81.4 Å². The number of aromatic carboxylic acids is 1. The monoisotopic (exact) mass is 386 g/mol. The van der Waals surface area contributed by atoms with Crippen molar-refractivity contribution in [3.05, 3.63) is 69.6 Å². The first-order valence-electron chi connectivity index (χ1n) is 8.40. The van der Waals surface area contributed by atoms with Crippen molar-refractivity contribution >= 4 is 29.2 Å². The number of fused-ring (bicyclic) bond motifs is 1. The van der Waals surface area contributed by atoms with Gasteiger partial charge in [-0.1, -0.05) is 18.2 Å². The number of benzene rings is 2. The van der Waals surface area contributed by atoms with Crippen LogP contribution in [0.15, 0.2) is 47.3 Å². The second kappa shape index (κ2) is 7.99. The molecule has 0 fully saturated rings. The van der Waals surface area contributed by atoms with Crippen LogP contribution >= 0.6 is 0 Å². The van der Waals surface area contributed by atoms with E-state index in [1.54, 1.807) is 31.2 Å². The fraction of sp³-hybridized carbons (Fsp3) is 0.150. The Balaban J connectivity index is 1.99. The normalized spacial score (nSPS) is 11.4. The minimum atomic E-state index is -2.90. The van der Waals surface area contributed by atoms with Crippen LogP contribution in [0.2, 0.25) is 0 Å². The van der Waals surface area contributed by atoms with Gasteiger partial charge in [0.2, 0.25) is 0 Å². The third kappa shape index (κ3) is 4.06. The Kier molecular flexibility index (Phi) is 5.49. The third-order valence-electron chi connectivity index (χ3n) is 4.07. The molecule has 0 atom stereocenters. The lowest BCUT2D eigenvalue weighted by atomic mass is 10.1. The molecular weight excluding hydrogens is 370 g/mol. The number of ether oxygens (including phenoxy) is 1. The number of carboxylic acids is 1. The van der Waals surface area contributed by atoms with Gasteiger partial charge < -0.3 is 14.4 Å². The summed E-state index contributed by atoms with van der Waals surface area (Å²) in [6, 6.07) is 10.3. The summed E-state index contributed by atoms with van der Waals surface area (Å²) in [5.41, 5.74) is 1.50. The van der Waals surface area contributed by atoms with Gasteiger partial charge in [0.05, 0.1) is 16.6 Å². The van der Waals surface area contributed by atoms with Crippen LogP contribution in [0.1, 0.15) is 28.5 Å². The molecule has 0 aliphatic rings. The van der Waals surface area contributed by atoms with Crippen LogP contribution in [-0.4, -0.2) is 27.2 Å². The van der Waals surface area contributed by atoms with E-state index in [1.165, 1.54) is 34.9 Å². The number of aryl methyl sites for hydroxylation is 1. The van der Waals surface area contributed by atoms with Crippen molar-refractivity contribution in [2.75, 3.05) is 0 Å². The summed E-state index contributed by atoms with van der Waals surface area (Å²) >= 11 is 0. The smallest absolute Gasteiger partial charge is 0.387 e. The van der Waals surface area contributed by atoms with Crippen LogP contribution in [0.25, 0.3) is 23.2 Å². The summed E-state index contributed by atoms with van der Waals surface area (Å²) in [6.07, 6.45) is 3.12. The van der Waals surface area contributed by atoms with Gasteiger partial charge in [0.1, 0.15) is 11.4 Å². The highest BCUT2D eigenvalue weighted by molar-refractivity contribution is 5.92. The van der Waals surface area contributed by atoms with Crippen molar-refractivity contribution in [2.24, 2.45) is 0 Å². The Morgan fingerprint density at radius 2 is 1.93 bits per heavy atom. The Hall–Kier alpha value is -3.55. The highest BCUT2D eigenvalue weighted by Crippen LogP contribution is 2.17. The molecule has 1 N–H and O–H groups in total. The van der Waals surface area contributed by atoms with E-state index in [-0.39, 0.29) is 22.6 Å². The van der Waals surface area contributed by atoms with Crippen LogP contribution in [-0.2, 0) is 6.54 Å². The summed E-state index contributed by atoms with van der Waals surface area (Å²) in [5.74, 6) is -1.05.